The van der Waals surface area contributed by atoms with E-state index in [9.17, 15) is 4.39 Å². The summed E-state index contributed by atoms with van der Waals surface area (Å²) in [7, 11) is 0. The van der Waals surface area contributed by atoms with E-state index in [1.165, 1.54) is 43.6 Å². The molecule has 0 amide bonds. The molecule has 4 heteroatoms. The zero-order valence-corrected chi connectivity index (χ0v) is 14.5. The highest BCUT2D eigenvalue weighted by Crippen LogP contribution is 2.19. The molecule has 1 atom stereocenters. The van der Waals surface area contributed by atoms with Crippen molar-refractivity contribution in [2.24, 2.45) is 0 Å². The van der Waals surface area contributed by atoms with Crippen LogP contribution in [-0.2, 0) is 6.54 Å². The maximum atomic E-state index is 13.0. The molecule has 124 valence electrons. The number of imidazole rings is 1. The van der Waals surface area contributed by atoms with E-state index in [1.54, 1.807) is 0 Å². The van der Waals surface area contributed by atoms with Crippen LogP contribution in [0.15, 0.2) is 49.1 Å². The first-order chi connectivity index (χ1) is 11.3. The summed E-state index contributed by atoms with van der Waals surface area (Å²) in [5.74, 6) is 0.982. The predicted molar refractivity (Wildman–Crippen MR) is 98.0 cm³/mol. The first-order valence-corrected chi connectivity index (χ1v) is 9.34. The van der Waals surface area contributed by atoms with Crippen LogP contribution in [0.1, 0.15) is 38.2 Å². The smallest absolute Gasteiger partial charge is 0.123 e. The average Bonchev–Trinajstić information content (AvgIpc) is 3.06. The van der Waals surface area contributed by atoms with Gasteiger partial charge in [-0.25, -0.2) is 9.37 Å². The Morgan fingerprint density at radius 1 is 1.22 bits per heavy atom. The van der Waals surface area contributed by atoms with Crippen molar-refractivity contribution < 1.29 is 4.39 Å². The second-order valence-corrected chi connectivity index (χ2v) is 6.99. The van der Waals surface area contributed by atoms with Gasteiger partial charge in [0.1, 0.15) is 5.82 Å². The van der Waals surface area contributed by atoms with Crippen LogP contribution in [0.5, 0.6) is 0 Å². The van der Waals surface area contributed by atoms with Crippen molar-refractivity contribution in [3.8, 4) is 0 Å². The second kappa shape index (κ2) is 10.3. The molecule has 0 spiro atoms. The zero-order valence-electron chi connectivity index (χ0n) is 13.7. The van der Waals surface area contributed by atoms with Crippen LogP contribution >= 0.6 is 11.8 Å². The van der Waals surface area contributed by atoms with Crippen LogP contribution < -0.4 is 0 Å². The molecule has 0 aliphatic carbocycles. The molecule has 1 aromatic carbocycles. The van der Waals surface area contributed by atoms with E-state index in [-0.39, 0.29) is 5.82 Å². The molecule has 2 rings (SSSR count). The lowest BCUT2D eigenvalue weighted by Crippen LogP contribution is -2.10. The largest absolute Gasteiger partial charge is 0.336 e. The Labute approximate surface area is 142 Å². The number of hydrogen-bond acceptors (Lipinski definition) is 2. The lowest BCUT2D eigenvalue weighted by molar-refractivity contribution is 0.628. The third kappa shape index (κ3) is 7.04. The Bertz CT molecular complexity index is 564. The zero-order chi connectivity index (χ0) is 16.3. The normalized spacial score (nSPS) is 12.8. The highest BCUT2D eigenvalue weighted by molar-refractivity contribution is 8.00. The van der Waals surface area contributed by atoms with E-state index in [4.69, 9.17) is 0 Å². The van der Waals surface area contributed by atoms with Gasteiger partial charge in [-0.1, -0.05) is 50.5 Å². The van der Waals surface area contributed by atoms with Crippen molar-refractivity contribution in [3.05, 3.63) is 60.4 Å². The van der Waals surface area contributed by atoms with Gasteiger partial charge in [0.05, 0.1) is 6.33 Å². The molecule has 0 saturated heterocycles. The third-order valence-corrected chi connectivity index (χ3v) is 4.91. The Morgan fingerprint density at radius 2 is 2.04 bits per heavy atom. The quantitative estimate of drug-likeness (QED) is 0.541. The minimum Gasteiger partial charge on any atom is -0.336 e. The molecular weight excluding hydrogens is 307 g/mol. The molecule has 0 radical (unpaired) electrons. The highest BCUT2D eigenvalue weighted by Gasteiger charge is 2.06. The van der Waals surface area contributed by atoms with Crippen molar-refractivity contribution in [3.63, 3.8) is 0 Å². The maximum Gasteiger partial charge on any atom is 0.123 e. The summed E-state index contributed by atoms with van der Waals surface area (Å²) in [6, 6.07) is 6.63. The minimum absolute atomic E-state index is 0.192. The number of halogens is 1. The topological polar surface area (TPSA) is 17.8 Å². The van der Waals surface area contributed by atoms with Gasteiger partial charge in [-0.2, -0.15) is 11.8 Å². The summed E-state index contributed by atoms with van der Waals surface area (Å²) in [6.07, 6.45) is 15.1. The first kappa shape index (κ1) is 17.8. The van der Waals surface area contributed by atoms with Gasteiger partial charge in [0.25, 0.3) is 0 Å². The average molecular weight is 332 g/mol. The van der Waals surface area contributed by atoms with E-state index in [1.807, 2.05) is 42.6 Å². The highest BCUT2D eigenvalue weighted by atomic mass is 32.2. The van der Waals surface area contributed by atoms with Crippen LogP contribution in [0.4, 0.5) is 4.39 Å². The van der Waals surface area contributed by atoms with Crippen LogP contribution in [0, 0.1) is 5.82 Å². The molecule has 0 bridgehead atoms. The van der Waals surface area contributed by atoms with Gasteiger partial charge < -0.3 is 4.57 Å². The maximum absolute atomic E-state index is 13.0. The lowest BCUT2D eigenvalue weighted by Gasteiger charge is -2.13. The molecule has 0 aliphatic heterocycles. The number of rotatable bonds is 10. The van der Waals surface area contributed by atoms with Gasteiger partial charge in [-0.3, -0.25) is 0 Å². The fourth-order valence-electron chi connectivity index (χ4n) is 2.33. The molecule has 23 heavy (non-hydrogen) atoms. The summed E-state index contributed by atoms with van der Waals surface area (Å²) in [6.45, 7) is 3.15. The Morgan fingerprint density at radius 3 is 2.74 bits per heavy atom. The summed E-state index contributed by atoms with van der Waals surface area (Å²) >= 11 is 1.98. The van der Waals surface area contributed by atoms with E-state index in [0.29, 0.717) is 5.25 Å². The molecule has 0 N–H and O–H groups in total. The molecule has 1 aromatic heterocycles. The van der Waals surface area contributed by atoms with Crippen molar-refractivity contribution in [2.45, 2.75) is 44.4 Å². The van der Waals surface area contributed by atoms with Gasteiger partial charge in [0.2, 0.25) is 0 Å². The number of thioether (sulfide) groups is 1. The fraction of sp³-hybridized carbons (Fsp3) is 0.421. The number of hydrogen-bond donors (Lipinski definition) is 0. The van der Waals surface area contributed by atoms with Gasteiger partial charge in [-0.05, 0) is 29.9 Å². The minimum atomic E-state index is -0.192. The standard InChI is InChI=1S/C19H25FN2S/c1-2-3-4-5-14-23-19(15-22-13-12-21-16-22)11-8-17-6-9-18(20)10-7-17/h6-13,16,19H,2-5,14-15H2,1H3/b11-8+. The number of nitrogens with zero attached hydrogens (tertiary/aromatic N) is 2. The van der Waals surface area contributed by atoms with Crippen molar-refractivity contribution in [1.82, 2.24) is 9.55 Å². The van der Waals surface area contributed by atoms with Gasteiger partial charge in [0, 0.05) is 24.2 Å². The monoisotopic (exact) mass is 332 g/mol. The summed E-state index contributed by atoms with van der Waals surface area (Å²) in [4.78, 5) is 4.11. The van der Waals surface area contributed by atoms with Crippen molar-refractivity contribution >= 4 is 17.8 Å². The number of benzene rings is 1. The second-order valence-electron chi connectivity index (χ2n) is 5.64. The third-order valence-electron chi connectivity index (χ3n) is 3.65. The molecule has 1 unspecified atom stereocenters. The van der Waals surface area contributed by atoms with E-state index in [0.717, 1.165) is 12.1 Å². The van der Waals surface area contributed by atoms with Gasteiger partial charge >= 0.3 is 0 Å². The Hall–Kier alpha value is -1.55. The van der Waals surface area contributed by atoms with Crippen molar-refractivity contribution in [2.75, 3.05) is 5.75 Å². The Balaban J connectivity index is 1.90. The summed E-state index contributed by atoms with van der Waals surface area (Å²) < 4.78 is 15.1. The molecule has 2 nitrogen and oxygen atoms in total. The SMILES string of the molecule is CCCCCCSC(/C=C/c1ccc(F)cc1)Cn1ccnc1. The van der Waals surface area contributed by atoms with Gasteiger partial charge in [-0.15, -0.1) is 0 Å². The predicted octanol–water partition coefficient (Wildman–Crippen LogP) is 5.42. The van der Waals surface area contributed by atoms with Crippen molar-refractivity contribution in [1.29, 1.82) is 0 Å². The molecule has 0 saturated carbocycles. The molecule has 2 aromatic rings. The van der Waals surface area contributed by atoms with E-state index in [2.05, 4.69) is 28.6 Å². The summed E-state index contributed by atoms with van der Waals surface area (Å²) in [5, 5.41) is 0.399. The summed E-state index contributed by atoms with van der Waals surface area (Å²) in [5.41, 5.74) is 1.04. The van der Waals surface area contributed by atoms with E-state index < -0.39 is 0 Å². The number of unbranched alkanes of at least 4 members (excludes halogenated alkanes) is 3. The van der Waals surface area contributed by atoms with Gasteiger partial charge in [0.15, 0.2) is 0 Å². The number of aromatic nitrogens is 2. The fourth-order valence-corrected chi connectivity index (χ4v) is 3.47. The molecular formula is C19H25FN2S. The molecule has 0 fully saturated rings. The van der Waals surface area contributed by atoms with Crippen LogP contribution in [-0.4, -0.2) is 20.6 Å². The Kier molecular flexibility index (Phi) is 7.95. The molecule has 1 heterocycles. The first-order valence-electron chi connectivity index (χ1n) is 8.29. The van der Waals surface area contributed by atoms with E-state index >= 15 is 0 Å². The van der Waals surface area contributed by atoms with Crippen LogP contribution in [0.2, 0.25) is 0 Å². The van der Waals surface area contributed by atoms with Crippen LogP contribution in [0.3, 0.4) is 0 Å². The van der Waals surface area contributed by atoms with Crippen LogP contribution in [0.25, 0.3) is 6.08 Å². The molecule has 0 aliphatic rings. The lowest BCUT2D eigenvalue weighted by atomic mass is 10.2.